The Bertz CT molecular complexity index is 945. The van der Waals surface area contributed by atoms with Crippen LogP contribution in [0.25, 0.3) is 0 Å². The maximum atomic E-state index is 12.6. The molecule has 0 fully saturated rings. The monoisotopic (exact) mass is 404 g/mol. The lowest BCUT2D eigenvalue weighted by Crippen LogP contribution is -2.28. The second-order valence-corrected chi connectivity index (χ2v) is 8.01. The minimum Gasteiger partial charge on any atom is -0.352 e. The number of thioether (sulfide) groups is 1. The minimum atomic E-state index is -0.286. The Labute approximate surface area is 175 Å². The number of carbonyl (C=O) groups excluding carboxylic acids is 2. The van der Waals surface area contributed by atoms with E-state index in [4.69, 9.17) is 0 Å². The van der Waals surface area contributed by atoms with Crippen molar-refractivity contribution in [3.63, 3.8) is 0 Å². The number of benzene rings is 3. The van der Waals surface area contributed by atoms with Crippen molar-refractivity contribution in [1.82, 2.24) is 5.32 Å². The molecule has 0 heterocycles. The van der Waals surface area contributed by atoms with E-state index >= 15 is 0 Å². The number of hydrogen-bond donors (Lipinski definition) is 2. The fourth-order valence-corrected chi connectivity index (χ4v) is 3.73. The second-order valence-electron chi connectivity index (χ2n) is 6.60. The summed E-state index contributed by atoms with van der Waals surface area (Å²) in [7, 11) is 0. The van der Waals surface area contributed by atoms with E-state index < -0.39 is 0 Å². The van der Waals surface area contributed by atoms with Crippen molar-refractivity contribution < 1.29 is 9.59 Å². The largest absolute Gasteiger partial charge is 0.352 e. The van der Waals surface area contributed by atoms with Crippen LogP contribution in [0.2, 0.25) is 0 Å². The normalized spacial score (nSPS) is 11.5. The molecule has 2 amide bonds. The second kappa shape index (κ2) is 10.5. The molecule has 2 N–H and O–H groups in total. The molecule has 0 unspecified atom stereocenters. The smallest absolute Gasteiger partial charge is 0.253 e. The van der Waals surface area contributed by atoms with Gasteiger partial charge in [0.2, 0.25) is 5.91 Å². The molecule has 0 bridgehead atoms. The van der Waals surface area contributed by atoms with Gasteiger partial charge in [-0.3, -0.25) is 9.59 Å². The molecule has 0 aromatic heterocycles. The van der Waals surface area contributed by atoms with Crippen LogP contribution in [0.5, 0.6) is 0 Å². The van der Waals surface area contributed by atoms with E-state index in [9.17, 15) is 9.59 Å². The lowest BCUT2D eigenvalue weighted by atomic mass is 10.1. The Kier molecular flexibility index (Phi) is 7.47. The van der Waals surface area contributed by atoms with E-state index in [0.717, 1.165) is 11.3 Å². The topological polar surface area (TPSA) is 58.2 Å². The van der Waals surface area contributed by atoms with Gasteiger partial charge in [0.25, 0.3) is 5.91 Å². The van der Waals surface area contributed by atoms with E-state index in [1.807, 2.05) is 73.7 Å². The van der Waals surface area contributed by atoms with Crippen LogP contribution in [0.3, 0.4) is 0 Å². The van der Waals surface area contributed by atoms with Gasteiger partial charge in [-0.2, -0.15) is 0 Å². The highest BCUT2D eigenvalue weighted by Gasteiger charge is 2.18. The van der Waals surface area contributed by atoms with Gasteiger partial charge in [-0.15, -0.1) is 11.8 Å². The van der Waals surface area contributed by atoms with E-state index in [1.54, 1.807) is 18.2 Å². The molecular weight excluding hydrogens is 380 g/mol. The van der Waals surface area contributed by atoms with Crippen LogP contribution in [-0.4, -0.2) is 23.6 Å². The van der Waals surface area contributed by atoms with Crippen molar-refractivity contribution in [2.24, 2.45) is 0 Å². The predicted molar refractivity (Wildman–Crippen MR) is 119 cm³/mol. The first-order valence-electron chi connectivity index (χ1n) is 9.57. The highest BCUT2D eigenvalue weighted by atomic mass is 32.2. The van der Waals surface area contributed by atoms with Crippen LogP contribution in [0.4, 0.5) is 5.69 Å². The van der Waals surface area contributed by atoms with Gasteiger partial charge in [0.1, 0.15) is 0 Å². The van der Waals surface area contributed by atoms with Crippen LogP contribution < -0.4 is 10.6 Å². The number of anilines is 1. The van der Waals surface area contributed by atoms with Crippen LogP contribution in [0.15, 0.2) is 89.8 Å². The first-order valence-corrected chi connectivity index (χ1v) is 10.4. The van der Waals surface area contributed by atoms with E-state index in [2.05, 4.69) is 10.6 Å². The molecule has 5 heteroatoms. The van der Waals surface area contributed by atoms with Gasteiger partial charge in [0.15, 0.2) is 0 Å². The summed E-state index contributed by atoms with van der Waals surface area (Å²) in [6.07, 6.45) is 0.756. The van der Waals surface area contributed by atoms with Crippen molar-refractivity contribution in [3.8, 4) is 0 Å². The van der Waals surface area contributed by atoms with E-state index in [0.29, 0.717) is 17.8 Å². The van der Waals surface area contributed by atoms with Gasteiger partial charge >= 0.3 is 0 Å². The third-order valence-electron chi connectivity index (χ3n) is 4.40. The number of hydrogen-bond acceptors (Lipinski definition) is 3. The molecule has 0 saturated carbocycles. The Hall–Kier alpha value is -3.05. The van der Waals surface area contributed by atoms with Crippen molar-refractivity contribution in [2.45, 2.75) is 23.5 Å². The molecule has 0 aliphatic carbocycles. The van der Waals surface area contributed by atoms with Gasteiger partial charge in [-0.25, -0.2) is 0 Å². The molecule has 4 nitrogen and oxygen atoms in total. The van der Waals surface area contributed by atoms with E-state index in [-0.39, 0.29) is 17.1 Å². The molecule has 148 valence electrons. The number of rotatable bonds is 8. The fraction of sp³-hybridized carbons (Fsp3) is 0.167. The summed E-state index contributed by atoms with van der Waals surface area (Å²) in [5.74, 6) is -0.330. The maximum Gasteiger partial charge on any atom is 0.253 e. The molecule has 0 radical (unpaired) electrons. The Balaban J connectivity index is 1.59. The highest BCUT2D eigenvalue weighted by molar-refractivity contribution is 8.00. The highest BCUT2D eigenvalue weighted by Crippen LogP contribution is 2.24. The van der Waals surface area contributed by atoms with Crippen molar-refractivity contribution in [1.29, 1.82) is 0 Å². The van der Waals surface area contributed by atoms with Crippen LogP contribution in [-0.2, 0) is 11.2 Å². The molecule has 29 heavy (non-hydrogen) atoms. The van der Waals surface area contributed by atoms with Crippen LogP contribution in [0.1, 0.15) is 22.8 Å². The maximum absolute atomic E-state index is 12.6. The van der Waals surface area contributed by atoms with Crippen LogP contribution >= 0.6 is 11.8 Å². The fourth-order valence-electron chi connectivity index (χ4n) is 2.84. The molecule has 3 rings (SSSR count). The average molecular weight is 405 g/mol. The quantitative estimate of drug-likeness (QED) is 0.531. The predicted octanol–water partition coefficient (Wildman–Crippen LogP) is 4.78. The molecule has 0 aliphatic rings. The summed E-state index contributed by atoms with van der Waals surface area (Å²) in [5, 5.41) is 5.55. The third kappa shape index (κ3) is 6.22. The number of carbonyl (C=O) groups is 2. The number of amides is 2. The minimum absolute atomic E-state index is 0.136. The first kappa shape index (κ1) is 20.7. The summed E-state index contributed by atoms with van der Waals surface area (Å²) >= 11 is 1.48. The summed E-state index contributed by atoms with van der Waals surface area (Å²) in [6, 6.07) is 26.9. The molecular formula is C24H24N2O2S. The van der Waals surface area contributed by atoms with Crippen molar-refractivity contribution >= 4 is 29.3 Å². The Morgan fingerprint density at radius 1 is 0.862 bits per heavy atom. The molecule has 1 atom stereocenters. The summed E-state index contributed by atoms with van der Waals surface area (Å²) < 4.78 is 0. The lowest BCUT2D eigenvalue weighted by molar-refractivity contribution is -0.115. The van der Waals surface area contributed by atoms with Gasteiger partial charge in [0.05, 0.1) is 16.5 Å². The van der Waals surface area contributed by atoms with E-state index in [1.165, 1.54) is 17.3 Å². The van der Waals surface area contributed by atoms with Gasteiger partial charge in [0, 0.05) is 11.4 Å². The van der Waals surface area contributed by atoms with Crippen LogP contribution in [0, 0.1) is 0 Å². The lowest BCUT2D eigenvalue weighted by Gasteiger charge is -2.15. The zero-order valence-electron chi connectivity index (χ0n) is 16.3. The SMILES string of the molecule is C[C@H](Sc1ccccc1)C(=O)Nc1ccccc1C(=O)NCCc1ccccc1. The molecule has 3 aromatic carbocycles. The third-order valence-corrected chi connectivity index (χ3v) is 5.51. The van der Waals surface area contributed by atoms with Crippen molar-refractivity contribution in [2.75, 3.05) is 11.9 Å². The van der Waals surface area contributed by atoms with Gasteiger partial charge in [-0.1, -0.05) is 60.7 Å². The van der Waals surface area contributed by atoms with Gasteiger partial charge in [-0.05, 0) is 43.2 Å². The first-order chi connectivity index (χ1) is 14.1. The molecule has 3 aromatic rings. The van der Waals surface area contributed by atoms with Crippen molar-refractivity contribution in [3.05, 3.63) is 96.1 Å². The zero-order valence-corrected chi connectivity index (χ0v) is 17.1. The number of nitrogens with one attached hydrogen (secondary N) is 2. The summed E-state index contributed by atoms with van der Waals surface area (Å²) in [5.41, 5.74) is 2.15. The Morgan fingerprint density at radius 3 is 2.21 bits per heavy atom. The summed E-state index contributed by atoms with van der Waals surface area (Å²) in [4.78, 5) is 26.3. The molecule has 0 spiro atoms. The zero-order chi connectivity index (χ0) is 20.5. The number of para-hydroxylation sites is 1. The molecule has 0 saturated heterocycles. The van der Waals surface area contributed by atoms with Gasteiger partial charge < -0.3 is 10.6 Å². The average Bonchev–Trinajstić information content (AvgIpc) is 2.75. The Morgan fingerprint density at radius 2 is 1.48 bits per heavy atom. The summed E-state index contributed by atoms with van der Waals surface area (Å²) in [6.45, 7) is 2.39. The standard InChI is InChI=1S/C24H24N2O2S/c1-18(29-20-12-6-3-7-13-20)23(27)26-22-15-9-8-14-21(22)24(28)25-17-16-19-10-4-2-5-11-19/h2-15,18H,16-17H2,1H3,(H,25,28)(H,26,27)/t18-/m0/s1. The molecule has 0 aliphatic heterocycles.